The minimum absolute atomic E-state index is 0.0898. The van der Waals surface area contributed by atoms with E-state index in [4.69, 9.17) is 17.3 Å². The van der Waals surface area contributed by atoms with Crippen LogP contribution < -0.4 is 11.3 Å². The van der Waals surface area contributed by atoms with Gasteiger partial charge in [0.1, 0.15) is 5.65 Å². The summed E-state index contributed by atoms with van der Waals surface area (Å²) in [5.41, 5.74) is 7.29. The molecule has 0 atom stereocenters. The Balaban J connectivity index is 2.34. The van der Waals surface area contributed by atoms with Gasteiger partial charge in [0.25, 0.3) is 5.56 Å². The lowest BCUT2D eigenvalue weighted by Crippen LogP contribution is -2.10. The number of nitrogens with two attached hydrogens (primary N) is 1. The first kappa shape index (κ1) is 10.9. The van der Waals surface area contributed by atoms with Gasteiger partial charge in [-0.15, -0.1) is 0 Å². The van der Waals surface area contributed by atoms with E-state index in [9.17, 15) is 4.79 Å². The molecular weight excluding hydrogens is 252 g/mol. The molecule has 0 radical (unpaired) electrons. The summed E-state index contributed by atoms with van der Waals surface area (Å²) in [6.07, 6.45) is 1.72. The maximum absolute atomic E-state index is 11.9. The topological polar surface area (TPSA) is 87.6 Å². The van der Waals surface area contributed by atoms with Crippen LogP contribution in [-0.2, 0) is 0 Å². The number of fused-ring (bicyclic) bond motifs is 1. The molecule has 1 aromatic carbocycles. The van der Waals surface area contributed by atoms with Crippen LogP contribution in [0.5, 0.6) is 0 Å². The number of nitrogen functional groups attached to an aromatic ring is 1. The maximum Gasteiger partial charge on any atom is 0.262 e. The van der Waals surface area contributed by atoms with Crippen LogP contribution in [0.4, 0.5) is 5.95 Å². The summed E-state index contributed by atoms with van der Waals surface area (Å²) < 4.78 is 0. The normalized spacial score (nSPS) is 10.9. The fourth-order valence-electron chi connectivity index (χ4n) is 1.94. The van der Waals surface area contributed by atoms with Crippen LogP contribution in [0.2, 0.25) is 5.02 Å². The number of hydrogen-bond donors (Lipinski definition) is 3. The van der Waals surface area contributed by atoms with Crippen molar-refractivity contribution in [2.75, 3.05) is 5.73 Å². The Bertz CT molecular complexity index is 790. The Morgan fingerprint density at radius 1 is 1.33 bits per heavy atom. The van der Waals surface area contributed by atoms with Crippen LogP contribution in [0.15, 0.2) is 35.3 Å². The molecule has 0 bridgehead atoms. The molecule has 6 heteroatoms. The fourth-order valence-corrected chi connectivity index (χ4v) is 2.13. The molecule has 3 rings (SSSR count). The van der Waals surface area contributed by atoms with Crippen molar-refractivity contribution in [3.63, 3.8) is 0 Å². The SMILES string of the molecule is Nc1nc2[nH]cc(-c3cccc(Cl)c3)c2c(=O)[nH]1. The monoisotopic (exact) mass is 260 g/mol. The molecule has 0 amide bonds. The molecule has 0 unspecified atom stereocenters. The van der Waals surface area contributed by atoms with Gasteiger partial charge in [0.15, 0.2) is 0 Å². The Hall–Kier alpha value is -2.27. The van der Waals surface area contributed by atoms with E-state index in [0.29, 0.717) is 16.1 Å². The molecule has 4 N–H and O–H groups in total. The number of rotatable bonds is 1. The van der Waals surface area contributed by atoms with Gasteiger partial charge >= 0.3 is 0 Å². The van der Waals surface area contributed by atoms with Crippen LogP contribution in [-0.4, -0.2) is 15.0 Å². The van der Waals surface area contributed by atoms with Crippen LogP contribution in [0.3, 0.4) is 0 Å². The average molecular weight is 261 g/mol. The molecule has 18 heavy (non-hydrogen) atoms. The number of benzene rings is 1. The zero-order valence-corrected chi connectivity index (χ0v) is 9.95. The smallest absolute Gasteiger partial charge is 0.262 e. The van der Waals surface area contributed by atoms with E-state index in [0.717, 1.165) is 11.1 Å². The number of hydrogen-bond acceptors (Lipinski definition) is 3. The minimum atomic E-state index is -0.270. The lowest BCUT2D eigenvalue weighted by Gasteiger charge is -1.99. The van der Waals surface area contributed by atoms with Crippen molar-refractivity contribution in [2.24, 2.45) is 0 Å². The van der Waals surface area contributed by atoms with E-state index in [1.165, 1.54) is 0 Å². The Kier molecular flexibility index (Phi) is 2.34. The average Bonchev–Trinajstić information content (AvgIpc) is 2.72. The quantitative estimate of drug-likeness (QED) is 0.626. The van der Waals surface area contributed by atoms with Gasteiger partial charge in [-0.1, -0.05) is 23.7 Å². The summed E-state index contributed by atoms with van der Waals surface area (Å²) >= 11 is 5.95. The van der Waals surface area contributed by atoms with Gasteiger partial charge in [-0.3, -0.25) is 9.78 Å². The Labute approximate surface area is 107 Å². The highest BCUT2D eigenvalue weighted by Crippen LogP contribution is 2.27. The summed E-state index contributed by atoms with van der Waals surface area (Å²) in [7, 11) is 0. The van der Waals surface area contributed by atoms with Crippen molar-refractivity contribution < 1.29 is 0 Å². The molecule has 0 spiro atoms. The highest BCUT2D eigenvalue weighted by atomic mass is 35.5. The second-order valence-corrected chi connectivity index (χ2v) is 4.32. The van der Waals surface area contributed by atoms with Gasteiger partial charge < -0.3 is 10.7 Å². The van der Waals surface area contributed by atoms with Crippen molar-refractivity contribution in [1.29, 1.82) is 0 Å². The molecular formula is C12H9ClN4O. The zero-order valence-electron chi connectivity index (χ0n) is 9.20. The van der Waals surface area contributed by atoms with Crippen LogP contribution in [0.1, 0.15) is 0 Å². The van der Waals surface area contributed by atoms with Gasteiger partial charge in [0, 0.05) is 16.8 Å². The van der Waals surface area contributed by atoms with E-state index < -0.39 is 0 Å². The first-order valence-corrected chi connectivity index (χ1v) is 5.66. The lowest BCUT2D eigenvalue weighted by atomic mass is 10.1. The summed E-state index contributed by atoms with van der Waals surface area (Å²) in [5, 5.41) is 1.09. The summed E-state index contributed by atoms with van der Waals surface area (Å²) in [4.78, 5) is 21.4. The van der Waals surface area contributed by atoms with Crippen LogP contribution in [0.25, 0.3) is 22.2 Å². The number of nitrogens with one attached hydrogen (secondary N) is 2. The third kappa shape index (κ3) is 1.65. The number of anilines is 1. The molecule has 0 fully saturated rings. The second-order valence-electron chi connectivity index (χ2n) is 3.89. The summed E-state index contributed by atoms with van der Waals surface area (Å²) in [6, 6.07) is 7.28. The number of nitrogens with zero attached hydrogens (tertiary/aromatic N) is 1. The molecule has 2 aromatic heterocycles. The van der Waals surface area contributed by atoms with Gasteiger partial charge in [0.2, 0.25) is 5.95 Å². The molecule has 5 nitrogen and oxygen atoms in total. The Morgan fingerprint density at radius 3 is 2.94 bits per heavy atom. The highest BCUT2D eigenvalue weighted by molar-refractivity contribution is 6.30. The van der Waals surface area contributed by atoms with Crippen LogP contribution >= 0.6 is 11.6 Å². The second kappa shape index (κ2) is 3.89. The maximum atomic E-state index is 11.9. The van der Waals surface area contributed by atoms with Crippen molar-refractivity contribution in [3.8, 4) is 11.1 Å². The van der Waals surface area contributed by atoms with Crippen molar-refractivity contribution in [2.45, 2.75) is 0 Å². The third-order valence-electron chi connectivity index (χ3n) is 2.70. The first-order chi connectivity index (χ1) is 8.65. The van der Waals surface area contributed by atoms with Gasteiger partial charge in [-0.05, 0) is 17.7 Å². The van der Waals surface area contributed by atoms with E-state index in [2.05, 4.69) is 15.0 Å². The number of halogens is 1. The molecule has 0 saturated carbocycles. The van der Waals surface area contributed by atoms with E-state index in [1.807, 2.05) is 12.1 Å². The predicted octanol–water partition coefficient (Wildman–Crippen LogP) is 2.15. The van der Waals surface area contributed by atoms with Gasteiger partial charge in [-0.2, -0.15) is 4.98 Å². The van der Waals surface area contributed by atoms with Gasteiger partial charge in [0.05, 0.1) is 5.39 Å². The molecule has 0 saturated heterocycles. The van der Waals surface area contributed by atoms with Crippen molar-refractivity contribution in [3.05, 3.63) is 45.8 Å². The lowest BCUT2D eigenvalue weighted by molar-refractivity contribution is 1.18. The zero-order chi connectivity index (χ0) is 12.7. The fraction of sp³-hybridized carbons (Fsp3) is 0. The summed E-state index contributed by atoms with van der Waals surface area (Å²) in [5.74, 6) is 0.0898. The molecule has 2 heterocycles. The minimum Gasteiger partial charge on any atom is -0.369 e. The molecule has 90 valence electrons. The number of H-pyrrole nitrogens is 2. The third-order valence-corrected chi connectivity index (χ3v) is 2.93. The summed E-state index contributed by atoms with van der Waals surface area (Å²) in [6.45, 7) is 0. The number of aromatic nitrogens is 3. The largest absolute Gasteiger partial charge is 0.369 e. The van der Waals surface area contributed by atoms with Gasteiger partial charge in [-0.25, -0.2) is 0 Å². The molecule has 0 aliphatic heterocycles. The molecule has 3 aromatic rings. The van der Waals surface area contributed by atoms with Crippen LogP contribution in [0, 0.1) is 0 Å². The van der Waals surface area contributed by atoms with E-state index in [1.54, 1.807) is 18.3 Å². The standard InChI is InChI=1S/C12H9ClN4O/c13-7-3-1-2-6(4-7)8-5-15-10-9(8)11(18)17-12(14)16-10/h1-5H,(H4,14,15,16,17,18). The number of aromatic amines is 2. The van der Waals surface area contributed by atoms with E-state index in [-0.39, 0.29) is 11.5 Å². The van der Waals surface area contributed by atoms with Crippen molar-refractivity contribution in [1.82, 2.24) is 15.0 Å². The van der Waals surface area contributed by atoms with Crippen molar-refractivity contribution >= 4 is 28.6 Å². The first-order valence-electron chi connectivity index (χ1n) is 5.28. The molecule has 0 aliphatic rings. The highest BCUT2D eigenvalue weighted by Gasteiger charge is 2.11. The predicted molar refractivity (Wildman–Crippen MR) is 71.6 cm³/mol. The molecule has 0 aliphatic carbocycles. The van der Waals surface area contributed by atoms with E-state index >= 15 is 0 Å². The Morgan fingerprint density at radius 2 is 2.17 bits per heavy atom.